The average Bonchev–Trinajstić information content (AvgIpc) is 2.78. The predicted octanol–water partition coefficient (Wildman–Crippen LogP) is 4.59. The van der Waals surface area contributed by atoms with Gasteiger partial charge in [0.15, 0.2) is 5.84 Å². The quantitative estimate of drug-likeness (QED) is 0.290. The van der Waals surface area contributed by atoms with Crippen molar-refractivity contribution in [2.75, 3.05) is 31.1 Å². The molecular formula is C24H25FN4O2. The molecule has 3 aromatic rings. The van der Waals surface area contributed by atoms with Gasteiger partial charge in [-0.2, -0.15) is 0 Å². The minimum atomic E-state index is -0.245. The molecule has 0 aliphatic carbocycles. The Morgan fingerprint density at radius 1 is 0.935 bits per heavy atom. The molecule has 0 radical (unpaired) electrons. The molecule has 4 rings (SSSR count). The zero-order chi connectivity index (χ0) is 21.8. The van der Waals surface area contributed by atoms with E-state index < -0.39 is 0 Å². The maximum atomic E-state index is 13.2. The third-order valence-electron chi connectivity index (χ3n) is 5.34. The van der Waals surface area contributed by atoms with Crippen molar-refractivity contribution in [1.29, 1.82) is 0 Å². The second kappa shape index (κ2) is 9.04. The molecule has 0 saturated carbocycles. The third-order valence-corrected chi connectivity index (χ3v) is 5.34. The van der Waals surface area contributed by atoms with Crippen LogP contribution in [0.3, 0.4) is 0 Å². The number of hydrogen-bond donors (Lipinski definition) is 1. The molecule has 1 fully saturated rings. The highest BCUT2D eigenvalue weighted by atomic mass is 19.1. The summed E-state index contributed by atoms with van der Waals surface area (Å²) in [5.41, 5.74) is 3.55. The second-order valence-electron chi connectivity index (χ2n) is 7.59. The second-order valence-corrected chi connectivity index (χ2v) is 7.59. The highest BCUT2D eigenvalue weighted by Gasteiger charge is 2.25. The summed E-state index contributed by atoms with van der Waals surface area (Å²) < 4.78 is 19.3. The molecule has 1 aliphatic rings. The highest BCUT2D eigenvalue weighted by molar-refractivity contribution is 6.00. The number of anilines is 1. The van der Waals surface area contributed by atoms with Crippen LogP contribution in [0.15, 0.2) is 65.8 Å². The summed E-state index contributed by atoms with van der Waals surface area (Å²) in [4.78, 5) is 8.73. The number of pyridine rings is 1. The monoisotopic (exact) mass is 420 g/mol. The minimum Gasteiger partial charge on any atom is -0.438 e. The molecule has 6 nitrogen and oxygen atoms in total. The van der Waals surface area contributed by atoms with E-state index in [9.17, 15) is 9.60 Å². The summed E-state index contributed by atoms with van der Waals surface area (Å²) in [6.07, 6.45) is 0. The molecule has 2 heterocycles. The van der Waals surface area contributed by atoms with Crippen molar-refractivity contribution in [2.24, 2.45) is 5.16 Å². The molecular weight excluding hydrogens is 395 g/mol. The molecule has 0 unspecified atom stereocenters. The Bertz CT molecular complexity index is 1060. The van der Waals surface area contributed by atoms with Gasteiger partial charge < -0.3 is 19.7 Å². The number of amidine groups is 1. The molecule has 1 aliphatic heterocycles. The van der Waals surface area contributed by atoms with E-state index in [0.29, 0.717) is 36.1 Å². The SMILES string of the molecule is Cc1ccc(Oc2nc(C)ccc2/C(=N/O)N2CCN(c3ccc(F)cc3)CC2)cc1. The van der Waals surface area contributed by atoms with Crippen LogP contribution in [0.25, 0.3) is 0 Å². The first-order chi connectivity index (χ1) is 15.0. The van der Waals surface area contributed by atoms with Gasteiger partial charge in [-0.25, -0.2) is 9.37 Å². The van der Waals surface area contributed by atoms with E-state index >= 15 is 0 Å². The highest BCUT2D eigenvalue weighted by Crippen LogP contribution is 2.26. The summed E-state index contributed by atoms with van der Waals surface area (Å²) in [6, 6.07) is 18.0. The number of rotatable bonds is 4. The fourth-order valence-electron chi connectivity index (χ4n) is 3.61. The van der Waals surface area contributed by atoms with Gasteiger partial charge in [0.2, 0.25) is 5.88 Å². The Morgan fingerprint density at radius 3 is 2.26 bits per heavy atom. The molecule has 160 valence electrons. The van der Waals surface area contributed by atoms with Crippen LogP contribution in [0, 0.1) is 19.7 Å². The first-order valence-corrected chi connectivity index (χ1v) is 10.2. The molecule has 0 amide bonds. The van der Waals surface area contributed by atoms with Gasteiger partial charge in [-0.3, -0.25) is 0 Å². The van der Waals surface area contributed by atoms with Crippen LogP contribution in [0.4, 0.5) is 10.1 Å². The Hall–Kier alpha value is -3.61. The summed E-state index contributed by atoms with van der Waals surface area (Å²) in [7, 11) is 0. The lowest BCUT2D eigenvalue weighted by atomic mass is 10.1. The fraction of sp³-hybridized carbons (Fsp3) is 0.250. The van der Waals surface area contributed by atoms with Gasteiger partial charge in [-0.1, -0.05) is 22.9 Å². The maximum Gasteiger partial charge on any atom is 0.230 e. The Morgan fingerprint density at radius 2 is 1.61 bits per heavy atom. The largest absolute Gasteiger partial charge is 0.438 e. The molecule has 7 heteroatoms. The van der Waals surface area contributed by atoms with E-state index in [-0.39, 0.29) is 5.82 Å². The van der Waals surface area contributed by atoms with Crippen LogP contribution in [-0.4, -0.2) is 47.1 Å². The summed E-state index contributed by atoms with van der Waals surface area (Å²) in [6.45, 7) is 6.64. The van der Waals surface area contributed by atoms with Crippen molar-refractivity contribution in [3.63, 3.8) is 0 Å². The van der Waals surface area contributed by atoms with Crippen molar-refractivity contribution in [3.05, 3.63) is 83.3 Å². The Kier molecular flexibility index (Phi) is 6.02. The lowest BCUT2D eigenvalue weighted by molar-refractivity contribution is 0.295. The molecule has 1 saturated heterocycles. The average molecular weight is 420 g/mol. The normalized spacial score (nSPS) is 14.6. The zero-order valence-electron chi connectivity index (χ0n) is 17.6. The number of hydrogen-bond acceptors (Lipinski definition) is 5. The van der Waals surface area contributed by atoms with Gasteiger partial charge in [0.25, 0.3) is 0 Å². The van der Waals surface area contributed by atoms with E-state index in [1.54, 1.807) is 12.1 Å². The van der Waals surface area contributed by atoms with Gasteiger partial charge in [-0.05, 0) is 62.4 Å². The van der Waals surface area contributed by atoms with Crippen LogP contribution >= 0.6 is 0 Å². The predicted molar refractivity (Wildman–Crippen MR) is 119 cm³/mol. The van der Waals surface area contributed by atoms with Crippen molar-refractivity contribution in [3.8, 4) is 11.6 Å². The van der Waals surface area contributed by atoms with Crippen LogP contribution in [0.5, 0.6) is 11.6 Å². The number of halogens is 1. The number of piperazine rings is 1. The zero-order valence-corrected chi connectivity index (χ0v) is 17.6. The molecule has 1 N–H and O–H groups in total. The third kappa shape index (κ3) is 4.77. The summed E-state index contributed by atoms with van der Waals surface area (Å²) in [5.74, 6) is 1.25. The van der Waals surface area contributed by atoms with Crippen LogP contribution in [0.2, 0.25) is 0 Å². The summed E-state index contributed by atoms with van der Waals surface area (Å²) >= 11 is 0. The van der Waals surface area contributed by atoms with Gasteiger partial charge in [0.05, 0.1) is 5.56 Å². The lowest BCUT2D eigenvalue weighted by Gasteiger charge is -2.37. The molecule has 31 heavy (non-hydrogen) atoms. The fourth-order valence-corrected chi connectivity index (χ4v) is 3.61. The van der Waals surface area contributed by atoms with Crippen molar-refractivity contribution in [1.82, 2.24) is 9.88 Å². The van der Waals surface area contributed by atoms with Gasteiger partial charge in [-0.15, -0.1) is 0 Å². The first kappa shape index (κ1) is 20.7. The van der Waals surface area contributed by atoms with Crippen molar-refractivity contribution < 1.29 is 14.3 Å². The summed E-state index contributed by atoms with van der Waals surface area (Å²) in [5, 5.41) is 13.4. The molecule has 0 bridgehead atoms. The Labute approximate surface area is 181 Å². The van der Waals surface area contributed by atoms with E-state index in [2.05, 4.69) is 15.0 Å². The number of benzene rings is 2. The van der Waals surface area contributed by atoms with Crippen LogP contribution < -0.4 is 9.64 Å². The first-order valence-electron chi connectivity index (χ1n) is 10.2. The maximum absolute atomic E-state index is 13.2. The molecule has 2 aromatic carbocycles. The number of ether oxygens (including phenoxy) is 1. The van der Waals surface area contributed by atoms with Crippen LogP contribution in [0.1, 0.15) is 16.8 Å². The van der Waals surface area contributed by atoms with Crippen molar-refractivity contribution in [2.45, 2.75) is 13.8 Å². The topological polar surface area (TPSA) is 61.2 Å². The van der Waals surface area contributed by atoms with E-state index in [4.69, 9.17) is 4.74 Å². The minimum absolute atomic E-state index is 0.245. The molecule has 0 atom stereocenters. The number of aryl methyl sites for hydroxylation is 2. The van der Waals surface area contributed by atoms with Crippen molar-refractivity contribution >= 4 is 11.5 Å². The van der Waals surface area contributed by atoms with E-state index in [1.807, 2.05) is 55.1 Å². The molecule has 0 spiro atoms. The Balaban J connectivity index is 1.53. The number of nitrogens with zero attached hydrogens (tertiary/aromatic N) is 4. The molecule has 1 aromatic heterocycles. The smallest absolute Gasteiger partial charge is 0.230 e. The van der Waals surface area contributed by atoms with Gasteiger partial charge in [0.1, 0.15) is 11.6 Å². The van der Waals surface area contributed by atoms with Gasteiger partial charge >= 0.3 is 0 Å². The van der Waals surface area contributed by atoms with E-state index in [1.165, 1.54) is 12.1 Å². The van der Waals surface area contributed by atoms with E-state index in [0.717, 1.165) is 30.0 Å². The number of oxime groups is 1. The number of aromatic nitrogens is 1. The lowest BCUT2D eigenvalue weighted by Crippen LogP contribution is -2.49. The van der Waals surface area contributed by atoms with Gasteiger partial charge in [0, 0.05) is 37.6 Å². The standard InChI is InChI=1S/C24H25FN4O2/c1-17-3-10-21(11-4-17)31-24-22(12-5-18(2)26-24)23(27-30)29-15-13-28(14-16-29)20-8-6-19(25)7-9-20/h3-12,30H,13-16H2,1-2H3/b27-23-. The van der Waals surface area contributed by atoms with Crippen LogP contribution in [-0.2, 0) is 0 Å².